The molecule has 1 aromatic heterocycles. The highest BCUT2D eigenvalue weighted by Gasteiger charge is 2.15. The van der Waals surface area contributed by atoms with E-state index < -0.39 is 0 Å². The van der Waals surface area contributed by atoms with Crippen LogP contribution in [0, 0.1) is 0 Å². The molecule has 2 N–H and O–H groups in total. The summed E-state index contributed by atoms with van der Waals surface area (Å²) >= 11 is 9.42. The second-order valence-electron chi connectivity index (χ2n) is 4.36. The highest BCUT2D eigenvalue weighted by molar-refractivity contribution is 9.10. The van der Waals surface area contributed by atoms with Crippen molar-refractivity contribution < 1.29 is 4.79 Å². The van der Waals surface area contributed by atoms with Gasteiger partial charge in [-0.15, -0.1) is 10.2 Å². The molecule has 0 aliphatic heterocycles. The van der Waals surface area contributed by atoms with Crippen molar-refractivity contribution in [3.8, 4) is 11.4 Å². The normalized spacial score (nSPS) is 10.5. The van der Waals surface area contributed by atoms with Crippen LogP contribution in [0.15, 0.2) is 46.9 Å². The van der Waals surface area contributed by atoms with Crippen molar-refractivity contribution in [3.05, 3.63) is 57.5 Å². The maximum atomic E-state index is 12.4. The molecule has 8 heteroatoms. The van der Waals surface area contributed by atoms with Crippen LogP contribution in [0.4, 0.5) is 5.69 Å². The first-order chi connectivity index (χ1) is 10.6. The lowest BCUT2D eigenvalue weighted by atomic mass is 10.1. The zero-order valence-corrected chi connectivity index (χ0v) is 13.4. The standard InChI is InChI=1S/C14H9BrClN5O/c15-8-5-6-10(13-18-20-21-19-13)12(7-8)17-14(22)9-3-1-2-4-11(9)16/h1-7H,(H,17,22)(H,18,19,20,21). The van der Waals surface area contributed by atoms with Gasteiger partial charge in [-0.05, 0) is 35.5 Å². The smallest absolute Gasteiger partial charge is 0.257 e. The fourth-order valence-corrected chi connectivity index (χ4v) is 2.51. The van der Waals surface area contributed by atoms with E-state index in [9.17, 15) is 4.79 Å². The van der Waals surface area contributed by atoms with E-state index in [2.05, 4.69) is 41.9 Å². The van der Waals surface area contributed by atoms with E-state index in [-0.39, 0.29) is 5.91 Å². The van der Waals surface area contributed by atoms with Gasteiger partial charge in [0.05, 0.1) is 16.3 Å². The van der Waals surface area contributed by atoms with Gasteiger partial charge in [0.25, 0.3) is 5.91 Å². The monoisotopic (exact) mass is 377 g/mol. The first-order valence-electron chi connectivity index (χ1n) is 6.24. The van der Waals surface area contributed by atoms with Crippen LogP contribution in [0.25, 0.3) is 11.4 Å². The summed E-state index contributed by atoms with van der Waals surface area (Å²) in [5.41, 5.74) is 1.60. The van der Waals surface area contributed by atoms with Gasteiger partial charge in [0.2, 0.25) is 5.82 Å². The van der Waals surface area contributed by atoms with E-state index >= 15 is 0 Å². The summed E-state index contributed by atoms with van der Waals surface area (Å²) in [6.45, 7) is 0. The Bertz CT molecular complexity index is 822. The van der Waals surface area contributed by atoms with Crippen LogP contribution in [0.2, 0.25) is 5.02 Å². The summed E-state index contributed by atoms with van der Waals surface area (Å²) in [6.07, 6.45) is 0. The molecule has 3 aromatic rings. The molecular weight excluding hydrogens is 370 g/mol. The first kappa shape index (κ1) is 14.7. The minimum absolute atomic E-state index is 0.312. The predicted molar refractivity (Wildman–Crippen MR) is 86.7 cm³/mol. The van der Waals surface area contributed by atoms with Crippen LogP contribution in [0.5, 0.6) is 0 Å². The lowest BCUT2D eigenvalue weighted by molar-refractivity contribution is 0.102. The van der Waals surface area contributed by atoms with Crippen LogP contribution in [0.1, 0.15) is 10.4 Å². The number of carbonyl (C=O) groups excluding carboxylic acids is 1. The number of nitrogens with zero attached hydrogens (tertiary/aromatic N) is 3. The summed E-state index contributed by atoms with van der Waals surface area (Å²) in [7, 11) is 0. The second-order valence-corrected chi connectivity index (χ2v) is 5.68. The molecule has 110 valence electrons. The lowest BCUT2D eigenvalue weighted by Gasteiger charge is -2.10. The number of H-pyrrole nitrogens is 1. The molecule has 0 atom stereocenters. The molecule has 0 aliphatic rings. The number of nitrogens with one attached hydrogen (secondary N) is 2. The van der Waals surface area contributed by atoms with Crippen LogP contribution < -0.4 is 5.32 Å². The first-order valence-corrected chi connectivity index (χ1v) is 7.41. The van der Waals surface area contributed by atoms with Gasteiger partial charge in [-0.2, -0.15) is 5.21 Å². The zero-order chi connectivity index (χ0) is 15.5. The van der Waals surface area contributed by atoms with Gasteiger partial charge in [-0.1, -0.05) is 39.7 Å². The molecule has 0 unspecified atom stereocenters. The molecule has 1 heterocycles. The molecule has 1 amide bonds. The summed E-state index contributed by atoms with van der Waals surface area (Å²) in [5, 5.41) is 17.0. The van der Waals surface area contributed by atoms with Crippen molar-refractivity contribution in [2.24, 2.45) is 0 Å². The number of rotatable bonds is 3. The SMILES string of the molecule is O=C(Nc1cc(Br)ccc1-c1nn[nH]n1)c1ccccc1Cl. The summed E-state index contributed by atoms with van der Waals surface area (Å²) in [6, 6.07) is 12.2. The molecule has 0 saturated heterocycles. The molecule has 2 aromatic carbocycles. The molecule has 3 rings (SSSR count). The molecule has 0 aliphatic carbocycles. The molecule has 0 radical (unpaired) electrons. The molecule has 6 nitrogen and oxygen atoms in total. The summed E-state index contributed by atoms with van der Waals surface area (Å²) in [5.74, 6) is 0.0791. The third-order valence-corrected chi connectivity index (χ3v) is 3.76. The number of hydrogen-bond acceptors (Lipinski definition) is 4. The van der Waals surface area contributed by atoms with E-state index in [1.54, 1.807) is 36.4 Å². The average Bonchev–Trinajstić information content (AvgIpc) is 3.02. The fourth-order valence-electron chi connectivity index (χ4n) is 1.93. The number of tetrazole rings is 1. The fraction of sp³-hybridized carbons (Fsp3) is 0. The molecule has 0 spiro atoms. The van der Waals surface area contributed by atoms with Crippen LogP contribution in [-0.2, 0) is 0 Å². The van der Waals surface area contributed by atoms with E-state index in [1.165, 1.54) is 0 Å². The second kappa shape index (κ2) is 6.25. The van der Waals surface area contributed by atoms with Crippen LogP contribution in [-0.4, -0.2) is 26.5 Å². The average molecular weight is 379 g/mol. The Morgan fingerprint density at radius 2 is 2.05 bits per heavy atom. The van der Waals surface area contributed by atoms with Crippen molar-refractivity contribution in [2.75, 3.05) is 5.32 Å². The van der Waals surface area contributed by atoms with Crippen molar-refractivity contribution >= 4 is 39.1 Å². The Labute approximate surface area is 139 Å². The minimum atomic E-state index is -0.312. The van der Waals surface area contributed by atoms with E-state index in [1.807, 2.05) is 6.07 Å². The predicted octanol–water partition coefficient (Wildman–Crippen LogP) is 3.53. The van der Waals surface area contributed by atoms with Gasteiger partial charge < -0.3 is 5.32 Å². The highest BCUT2D eigenvalue weighted by Crippen LogP contribution is 2.29. The van der Waals surface area contributed by atoms with Gasteiger partial charge in [0, 0.05) is 10.0 Å². The summed E-state index contributed by atoms with van der Waals surface area (Å²) in [4.78, 5) is 12.4. The maximum absolute atomic E-state index is 12.4. The Morgan fingerprint density at radius 3 is 2.77 bits per heavy atom. The Morgan fingerprint density at radius 1 is 1.23 bits per heavy atom. The number of amides is 1. The number of aromatic amines is 1. The molecule has 0 bridgehead atoms. The Hall–Kier alpha value is -2.25. The third-order valence-electron chi connectivity index (χ3n) is 2.93. The number of carbonyl (C=O) groups is 1. The quantitative estimate of drug-likeness (QED) is 0.730. The van der Waals surface area contributed by atoms with E-state index in [0.29, 0.717) is 27.7 Å². The molecule has 0 fully saturated rings. The lowest BCUT2D eigenvalue weighted by Crippen LogP contribution is -2.13. The molecule has 22 heavy (non-hydrogen) atoms. The van der Waals surface area contributed by atoms with E-state index in [4.69, 9.17) is 11.6 Å². The largest absolute Gasteiger partial charge is 0.321 e. The summed E-state index contributed by atoms with van der Waals surface area (Å²) < 4.78 is 0.814. The molecule has 0 saturated carbocycles. The maximum Gasteiger partial charge on any atom is 0.257 e. The van der Waals surface area contributed by atoms with Crippen LogP contribution in [0.3, 0.4) is 0 Å². The van der Waals surface area contributed by atoms with Crippen LogP contribution >= 0.6 is 27.5 Å². The van der Waals surface area contributed by atoms with Crippen molar-refractivity contribution in [1.29, 1.82) is 0 Å². The van der Waals surface area contributed by atoms with Crippen molar-refractivity contribution in [2.45, 2.75) is 0 Å². The van der Waals surface area contributed by atoms with Gasteiger partial charge in [0.15, 0.2) is 0 Å². The Balaban J connectivity index is 1.97. The van der Waals surface area contributed by atoms with Gasteiger partial charge in [0.1, 0.15) is 0 Å². The van der Waals surface area contributed by atoms with Gasteiger partial charge in [-0.25, -0.2) is 0 Å². The topological polar surface area (TPSA) is 83.6 Å². The molecular formula is C14H9BrClN5O. The third kappa shape index (κ3) is 3.00. The zero-order valence-electron chi connectivity index (χ0n) is 11.0. The number of halogens is 2. The van der Waals surface area contributed by atoms with E-state index in [0.717, 1.165) is 4.47 Å². The van der Waals surface area contributed by atoms with Gasteiger partial charge in [-0.3, -0.25) is 4.79 Å². The Kier molecular flexibility index (Phi) is 4.17. The number of hydrogen-bond donors (Lipinski definition) is 2. The van der Waals surface area contributed by atoms with Crippen molar-refractivity contribution in [1.82, 2.24) is 20.6 Å². The number of aromatic nitrogens is 4. The number of benzene rings is 2. The van der Waals surface area contributed by atoms with Gasteiger partial charge >= 0.3 is 0 Å². The van der Waals surface area contributed by atoms with Crippen molar-refractivity contribution in [3.63, 3.8) is 0 Å². The number of anilines is 1. The highest BCUT2D eigenvalue weighted by atomic mass is 79.9. The minimum Gasteiger partial charge on any atom is -0.321 e.